The summed E-state index contributed by atoms with van der Waals surface area (Å²) in [5, 5.41) is 0. The fourth-order valence-corrected chi connectivity index (χ4v) is 2.53. The minimum atomic E-state index is 0.0812. The molecule has 2 rings (SSSR count). The molecule has 19 heavy (non-hydrogen) atoms. The first-order valence-corrected chi connectivity index (χ1v) is 7.20. The predicted molar refractivity (Wildman–Crippen MR) is 85.8 cm³/mol. The Morgan fingerprint density at radius 1 is 1.00 bits per heavy atom. The Labute approximate surface area is 126 Å². The molecule has 0 aliphatic heterocycles. The molecular formula is C16H13BrOS. The molecule has 0 saturated heterocycles. The van der Waals surface area contributed by atoms with Crippen LogP contribution in [0.2, 0.25) is 0 Å². The Bertz CT molecular complexity index is 593. The number of halogens is 1. The lowest BCUT2D eigenvalue weighted by molar-refractivity contribution is 0.100. The maximum atomic E-state index is 12.0. The number of rotatable bonds is 5. The van der Waals surface area contributed by atoms with E-state index in [-0.39, 0.29) is 5.78 Å². The van der Waals surface area contributed by atoms with E-state index in [4.69, 9.17) is 12.2 Å². The number of Topliss-reactive ketones (excluding diaryl/α,β-unsaturated/α-hetero) is 1. The highest BCUT2D eigenvalue weighted by Gasteiger charge is 2.10. The number of ketones is 1. The number of carbonyl (C=O) groups excluding carboxylic acids is 1. The summed E-state index contributed by atoms with van der Waals surface area (Å²) >= 11 is 8.82. The fraction of sp³-hybridized carbons (Fsp3) is 0.125. The smallest absolute Gasteiger partial charge is 0.167 e. The minimum Gasteiger partial charge on any atom is -0.294 e. The van der Waals surface area contributed by atoms with Crippen LogP contribution in [-0.2, 0) is 6.42 Å². The van der Waals surface area contributed by atoms with Crippen LogP contribution in [0.4, 0.5) is 0 Å². The van der Waals surface area contributed by atoms with Gasteiger partial charge in [-0.05, 0) is 11.6 Å². The highest BCUT2D eigenvalue weighted by Crippen LogP contribution is 2.18. The van der Waals surface area contributed by atoms with Crippen LogP contribution in [-0.4, -0.2) is 10.6 Å². The van der Waals surface area contributed by atoms with Gasteiger partial charge in [0.05, 0.1) is 0 Å². The molecule has 0 amide bonds. The molecule has 1 nitrogen and oxygen atoms in total. The van der Waals surface area contributed by atoms with Gasteiger partial charge in [0.2, 0.25) is 0 Å². The molecule has 2 aromatic rings. The van der Waals surface area contributed by atoms with Crippen molar-refractivity contribution in [1.82, 2.24) is 0 Å². The van der Waals surface area contributed by atoms with E-state index < -0.39 is 0 Å². The predicted octanol–water partition coefficient (Wildman–Crippen LogP) is 4.63. The van der Waals surface area contributed by atoms with Crippen LogP contribution in [0.1, 0.15) is 22.3 Å². The van der Waals surface area contributed by atoms with Crippen LogP contribution in [0.3, 0.4) is 0 Å². The normalized spacial score (nSPS) is 10.2. The van der Waals surface area contributed by atoms with E-state index in [1.165, 1.54) is 0 Å². The monoisotopic (exact) mass is 332 g/mol. The molecule has 0 aromatic heterocycles. The number of carbonyl (C=O) groups is 1. The second-order valence-electron chi connectivity index (χ2n) is 4.27. The molecule has 0 aliphatic carbocycles. The zero-order chi connectivity index (χ0) is 13.7. The van der Waals surface area contributed by atoms with Gasteiger partial charge in [0, 0.05) is 27.7 Å². The summed E-state index contributed by atoms with van der Waals surface area (Å²) in [6.45, 7) is 0. The number of hydrogen-bond acceptors (Lipinski definition) is 2. The third-order valence-electron chi connectivity index (χ3n) is 2.80. The van der Waals surface area contributed by atoms with Gasteiger partial charge in [0.15, 0.2) is 5.78 Å². The van der Waals surface area contributed by atoms with Crippen LogP contribution < -0.4 is 0 Å². The lowest BCUT2D eigenvalue weighted by Crippen LogP contribution is -2.09. The first-order valence-electron chi connectivity index (χ1n) is 6.00. The Morgan fingerprint density at radius 3 is 2.32 bits per heavy atom. The molecule has 0 spiro atoms. The molecule has 0 saturated carbocycles. The molecule has 0 radical (unpaired) electrons. The van der Waals surface area contributed by atoms with Crippen molar-refractivity contribution in [3.05, 3.63) is 70.2 Å². The summed E-state index contributed by atoms with van der Waals surface area (Å²) < 4.78 is 1.03. The van der Waals surface area contributed by atoms with Crippen LogP contribution in [0.5, 0.6) is 0 Å². The number of thiocarbonyl (C=S) groups is 1. The topological polar surface area (TPSA) is 17.1 Å². The Morgan fingerprint density at radius 2 is 1.63 bits per heavy atom. The second kappa shape index (κ2) is 6.73. The number of hydrogen-bond donors (Lipinski definition) is 0. The Balaban J connectivity index is 1.99. The molecule has 0 unspecified atom stereocenters. The van der Waals surface area contributed by atoms with E-state index >= 15 is 0 Å². The summed E-state index contributed by atoms with van der Waals surface area (Å²) in [6.07, 6.45) is 0.968. The summed E-state index contributed by atoms with van der Waals surface area (Å²) in [5.74, 6) is 0.0812. The van der Waals surface area contributed by atoms with Crippen molar-refractivity contribution >= 4 is 38.8 Å². The van der Waals surface area contributed by atoms with Crippen LogP contribution >= 0.6 is 28.1 Å². The standard InChI is InChI=1S/C16H13BrOS/c17-15-9-5-4-8-13(15)10-14(19)11-16(18)12-6-2-1-3-7-12/h1-9H,10-11H2. The van der Waals surface area contributed by atoms with E-state index in [9.17, 15) is 4.79 Å². The SMILES string of the molecule is O=C(CC(=S)Cc1ccccc1Br)c1ccccc1. The fourth-order valence-electron chi connectivity index (χ4n) is 1.82. The Hall–Kier alpha value is -1.32. The van der Waals surface area contributed by atoms with E-state index in [0.717, 1.165) is 20.5 Å². The third-order valence-corrected chi connectivity index (χ3v) is 3.86. The maximum Gasteiger partial charge on any atom is 0.167 e. The van der Waals surface area contributed by atoms with Crippen LogP contribution in [0, 0.1) is 0 Å². The summed E-state index contributed by atoms with van der Waals surface area (Å²) in [6, 6.07) is 17.2. The van der Waals surface area contributed by atoms with Gasteiger partial charge in [-0.2, -0.15) is 0 Å². The van der Waals surface area contributed by atoms with Gasteiger partial charge >= 0.3 is 0 Å². The molecule has 3 heteroatoms. The molecule has 0 aliphatic rings. The summed E-state index contributed by atoms with van der Waals surface area (Å²) in [7, 11) is 0. The van der Waals surface area contributed by atoms with Crippen molar-refractivity contribution in [3.8, 4) is 0 Å². The highest BCUT2D eigenvalue weighted by atomic mass is 79.9. The van der Waals surface area contributed by atoms with Gasteiger partial charge in [-0.15, -0.1) is 0 Å². The van der Waals surface area contributed by atoms with Crippen molar-refractivity contribution in [2.24, 2.45) is 0 Å². The lowest BCUT2D eigenvalue weighted by Gasteiger charge is -2.06. The minimum absolute atomic E-state index is 0.0812. The van der Waals surface area contributed by atoms with Gasteiger partial charge in [0.1, 0.15) is 0 Å². The van der Waals surface area contributed by atoms with E-state index in [1.54, 1.807) is 0 Å². The van der Waals surface area contributed by atoms with Crippen LogP contribution in [0.25, 0.3) is 0 Å². The van der Waals surface area contributed by atoms with Crippen molar-refractivity contribution in [1.29, 1.82) is 0 Å². The van der Waals surface area contributed by atoms with Gasteiger partial charge in [-0.25, -0.2) is 0 Å². The van der Waals surface area contributed by atoms with Gasteiger partial charge in [-0.3, -0.25) is 4.79 Å². The zero-order valence-corrected chi connectivity index (χ0v) is 12.7. The summed E-state index contributed by atoms with van der Waals surface area (Å²) in [4.78, 5) is 12.8. The molecule has 0 fully saturated rings. The Kier molecular flexibility index (Phi) is 5.00. The van der Waals surface area contributed by atoms with E-state index in [1.807, 2.05) is 54.6 Å². The molecule has 2 aromatic carbocycles. The van der Waals surface area contributed by atoms with Crippen molar-refractivity contribution in [2.75, 3.05) is 0 Å². The van der Waals surface area contributed by atoms with Crippen molar-refractivity contribution < 1.29 is 4.79 Å². The maximum absolute atomic E-state index is 12.0. The van der Waals surface area contributed by atoms with Gasteiger partial charge < -0.3 is 0 Å². The average molecular weight is 333 g/mol. The molecule has 0 N–H and O–H groups in total. The van der Waals surface area contributed by atoms with Crippen molar-refractivity contribution in [2.45, 2.75) is 12.8 Å². The molecular weight excluding hydrogens is 320 g/mol. The largest absolute Gasteiger partial charge is 0.294 e. The molecule has 0 atom stereocenters. The first-order chi connectivity index (χ1) is 9.16. The zero-order valence-electron chi connectivity index (χ0n) is 10.3. The van der Waals surface area contributed by atoms with E-state index in [0.29, 0.717) is 12.8 Å². The quantitative estimate of drug-likeness (QED) is 0.586. The van der Waals surface area contributed by atoms with Crippen molar-refractivity contribution in [3.63, 3.8) is 0 Å². The highest BCUT2D eigenvalue weighted by molar-refractivity contribution is 9.10. The van der Waals surface area contributed by atoms with Crippen LogP contribution in [0.15, 0.2) is 59.1 Å². The lowest BCUT2D eigenvalue weighted by atomic mass is 10.0. The number of benzene rings is 2. The third kappa shape index (κ3) is 4.08. The van der Waals surface area contributed by atoms with Gasteiger partial charge in [0.25, 0.3) is 0 Å². The average Bonchev–Trinajstić information content (AvgIpc) is 2.42. The van der Waals surface area contributed by atoms with E-state index in [2.05, 4.69) is 15.9 Å². The van der Waals surface area contributed by atoms with Gasteiger partial charge in [-0.1, -0.05) is 76.7 Å². The first kappa shape index (κ1) is 14.1. The second-order valence-corrected chi connectivity index (χ2v) is 5.70. The summed E-state index contributed by atoms with van der Waals surface area (Å²) in [5.41, 5.74) is 1.84. The molecule has 0 bridgehead atoms. The molecule has 0 heterocycles. The molecule has 96 valence electrons.